The van der Waals surface area contributed by atoms with Gasteiger partial charge in [0.15, 0.2) is 5.96 Å². The molecule has 2 atom stereocenters. The van der Waals surface area contributed by atoms with E-state index in [0.29, 0.717) is 25.5 Å². The van der Waals surface area contributed by atoms with Crippen molar-refractivity contribution in [2.24, 2.45) is 10.9 Å². The van der Waals surface area contributed by atoms with Crippen molar-refractivity contribution in [3.63, 3.8) is 0 Å². The highest BCUT2D eigenvalue weighted by atomic mass is 127. The van der Waals surface area contributed by atoms with Crippen LogP contribution in [0.2, 0.25) is 0 Å². The van der Waals surface area contributed by atoms with Crippen LogP contribution in [0.5, 0.6) is 0 Å². The van der Waals surface area contributed by atoms with Crippen LogP contribution < -0.4 is 10.6 Å². The van der Waals surface area contributed by atoms with E-state index in [1.807, 2.05) is 11.5 Å². The van der Waals surface area contributed by atoms with Gasteiger partial charge >= 0.3 is 6.18 Å². The van der Waals surface area contributed by atoms with E-state index in [-0.39, 0.29) is 42.9 Å². The van der Waals surface area contributed by atoms with E-state index in [1.165, 1.54) is 0 Å². The molecule has 1 saturated carbocycles. The van der Waals surface area contributed by atoms with Gasteiger partial charge in [0.25, 0.3) is 0 Å². The summed E-state index contributed by atoms with van der Waals surface area (Å²) in [5.41, 5.74) is 0. The molecule has 1 aromatic heterocycles. The van der Waals surface area contributed by atoms with Gasteiger partial charge in [-0.3, -0.25) is 4.99 Å². The molecule has 1 aliphatic rings. The van der Waals surface area contributed by atoms with Gasteiger partial charge in [-0.25, -0.2) is 0 Å². The van der Waals surface area contributed by atoms with Gasteiger partial charge in [0.2, 0.25) is 0 Å². The Labute approximate surface area is 163 Å². The van der Waals surface area contributed by atoms with Crippen LogP contribution >= 0.6 is 24.0 Å². The number of guanidine groups is 1. The first-order chi connectivity index (χ1) is 11.4. The lowest BCUT2D eigenvalue weighted by atomic mass is 9.85. The average molecular weight is 474 g/mol. The van der Waals surface area contributed by atoms with Crippen LogP contribution in [0.15, 0.2) is 11.3 Å². The molecule has 2 N–H and O–H groups in total. The highest BCUT2D eigenvalue weighted by Gasteiger charge is 2.42. The van der Waals surface area contributed by atoms with E-state index in [2.05, 4.69) is 25.8 Å². The second kappa shape index (κ2) is 10.2. The fraction of sp³-hybridized carbons (Fsp3) is 0.800. The molecule has 10 heteroatoms. The first kappa shape index (κ1) is 22.0. The lowest BCUT2D eigenvalue weighted by Gasteiger charge is -2.31. The third-order valence-electron chi connectivity index (χ3n) is 4.36. The summed E-state index contributed by atoms with van der Waals surface area (Å²) < 4.78 is 40.6. The Balaban J connectivity index is 0.00000312. The van der Waals surface area contributed by atoms with Gasteiger partial charge < -0.3 is 15.2 Å². The maximum absolute atomic E-state index is 12.9. The zero-order valence-electron chi connectivity index (χ0n) is 14.5. The summed E-state index contributed by atoms with van der Waals surface area (Å²) in [5.74, 6) is 0.222. The van der Waals surface area contributed by atoms with E-state index in [9.17, 15) is 13.2 Å². The number of aromatic nitrogens is 3. The van der Waals surface area contributed by atoms with Crippen molar-refractivity contribution in [3.8, 4) is 0 Å². The monoisotopic (exact) mass is 474 g/mol. The van der Waals surface area contributed by atoms with Crippen LogP contribution in [0.1, 0.15) is 38.4 Å². The quantitative estimate of drug-likeness (QED) is 0.392. The summed E-state index contributed by atoms with van der Waals surface area (Å²) in [6.45, 7) is 3.28. The van der Waals surface area contributed by atoms with Crippen LogP contribution in [-0.4, -0.2) is 46.5 Å². The van der Waals surface area contributed by atoms with Crippen LogP contribution in [0, 0.1) is 5.92 Å². The van der Waals surface area contributed by atoms with Gasteiger partial charge in [0, 0.05) is 32.6 Å². The Hall–Kier alpha value is -1.07. The molecule has 6 nitrogen and oxygen atoms in total. The second-order valence-electron chi connectivity index (χ2n) is 6.04. The third-order valence-corrected chi connectivity index (χ3v) is 4.36. The van der Waals surface area contributed by atoms with E-state index >= 15 is 0 Å². The van der Waals surface area contributed by atoms with Crippen LogP contribution in [0.25, 0.3) is 0 Å². The Morgan fingerprint density at radius 3 is 2.80 bits per heavy atom. The van der Waals surface area contributed by atoms with Crippen molar-refractivity contribution in [1.29, 1.82) is 0 Å². The largest absolute Gasteiger partial charge is 0.391 e. The van der Waals surface area contributed by atoms with Crippen LogP contribution in [-0.2, 0) is 13.0 Å². The van der Waals surface area contributed by atoms with Gasteiger partial charge in [0.1, 0.15) is 12.2 Å². The Morgan fingerprint density at radius 1 is 1.40 bits per heavy atom. The standard InChI is InChI=1S/C15H25F3N6.HI/c1-3-13-23-21-10-24(13)8-7-20-14(19-2)22-12-6-4-5-11(9-12)15(16,17)18;/h10-12H,3-9H2,1-2H3,(H2,19,20,22);1H. The van der Waals surface area contributed by atoms with E-state index < -0.39 is 12.1 Å². The zero-order chi connectivity index (χ0) is 17.6. The molecular formula is C15H26F3IN6. The second-order valence-corrected chi connectivity index (χ2v) is 6.04. The summed E-state index contributed by atoms with van der Waals surface area (Å²) in [6.07, 6.45) is 0.0107. The molecule has 0 saturated heterocycles. The molecule has 144 valence electrons. The minimum absolute atomic E-state index is 0. The number of nitrogens with one attached hydrogen (secondary N) is 2. The SMILES string of the molecule is CCc1nncn1CCNC(=NC)NC1CCCC(C(F)(F)F)C1.I. The molecule has 0 radical (unpaired) electrons. The third kappa shape index (κ3) is 6.63. The van der Waals surface area contributed by atoms with E-state index in [0.717, 1.165) is 18.7 Å². The molecule has 2 unspecified atom stereocenters. The molecule has 1 fully saturated rings. The van der Waals surface area contributed by atoms with Crippen molar-refractivity contribution >= 4 is 29.9 Å². The number of nitrogens with zero attached hydrogens (tertiary/aromatic N) is 4. The average Bonchev–Trinajstić information content (AvgIpc) is 3.01. The van der Waals surface area contributed by atoms with Gasteiger partial charge in [-0.2, -0.15) is 13.2 Å². The maximum atomic E-state index is 12.9. The lowest BCUT2D eigenvalue weighted by Crippen LogP contribution is -2.47. The molecule has 1 aliphatic carbocycles. The van der Waals surface area contributed by atoms with Crippen LogP contribution in [0.3, 0.4) is 0 Å². The van der Waals surface area contributed by atoms with Gasteiger partial charge in [0.05, 0.1) is 5.92 Å². The predicted octanol–water partition coefficient (Wildman–Crippen LogP) is 2.74. The molecule has 0 aromatic carbocycles. The number of aliphatic imine (C=N–C) groups is 1. The van der Waals surface area contributed by atoms with Crippen molar-refractivity contribution in [2.45, 2.75) is 57.8 Å². The number of halogens is 4. The predicted molar refractivity (Wildman–Crippen MR) is 101 cm³/mol. The van der Waals surface area contributed by atoms with Gasteiger partial charge in [-0.1, -0.05) is 13.3 Å². The summed E-state index contributed by atoms with van der Waals surface area (Å²) in [5, 5.41) is 14.1. The molecular weight excluding hydrogens is 448 g/mol. The first-order valence-corrected chi connectivity index (χ1v) is 8.34. The minimum Gasteiger partial charge on any atom is -0.355 e. The Bertz CT molecular complexity index is 546. The Morgan fingerprint density at radius 2 is 2.16 bits per heavy atom. The number of alkyl halides is 3. The molecule has 1 heterocycles. The number of hydrogen-bond acceptors (Lipinski definition) is 3. The molecule has 25 heavy (non-hydrogen) atoms. The van der Waals surface area contributed by atoms with Gasteiger partial charge in [-0.15, -0.1) is 34.2 Å². The van der Waals surface area contributed by atoms with Crippen molar-refractivity contribution in [3.05, 3.63) is 12.2 Å². The Kier molecular flexibility index (Phi) is 8.94. The summed E-state index contributed by atoms with van der Waals surface area (Å²) in [6, 6.07) is -0.197. The molecule has 0 aliphatic heterocycles. The molecule has 0 bridgehead atoms. The molecule has 1 aromatic rings. The van der Waals surface area contributed by atoms with Gasteiger partial charge in [-0.05, 0) is 19.3 Å². The highest BCUT2D eigenvalue weighted by molar-refractivity contribution is 14.0. The van der Waals surface area contributed by atoms with E-state index in [4.69, 9.17) is 0 Å². The first-order valence-electron chi connectivity index (χ1n) is 8.34. The van der Waals surface area contributed by atoms with Crippen molar-refractivity contribution in [2.75, 3.05) is 13.6 Å². The maximum Gasteiger partial charge on any atom is 0.391 e. The van der Waals surface area contributed by atoms with Crippen molar-refractivity contribution in [1.82, 2.24) is 25.4 Å². The molecule has 2 rings (SSSR count). The molecule has 0 spiro atoms. The molecule has 0 amide bonds. The highest BCUT2D eigenvalue weighted by Crippen LogP contribution is 2.37. The summed E-state index contributed by atoms with van der Waals surface area (Å²) in [7, 11) is 1.62. The normalized spacial score (nSPS) is 21.6. The zero-order valence-corrected chi connectivity index (χ0v) is 16.8. The van der Waals surface area contributed by atoms with Crippen molar-refractivity contribution < 1.29 is 13.2 Å². The number of aryl methyl sites for hydroxylation is 1. The van der Waals surface area contributed by atoms with E-state index in [1.54, 1.807) is 13.4 Å². The minimum atomic E-state index is -4.11. The summed E-state index contributed by atoms with van der Waals surface area (Å²) >= 11 is 0. The fourth-order valence-electron chi connectivity index (χ4n) is 3.04. The fourth-order valence-corrected chi connectivity index (χ4v) is 3.04. The topological polar surface area (TPSA) is 67.1 Å². The summed E-state index contributed by atoms with van der Waals surface area (Å²) in [4.78, 5) is 4.10. The smallest absolute Gasteiger partial charge is 0.355 e. The number of rotatable bonds is 5. The van der Waals surface area contributed by atoms with Crippen LogP contribution in [0.4, 0.5) is 13.2 Å². The number of hydrogen-bond donors (Lipinski definition) is 2. The lowest BCUT2D eigenvalue weighted by molar-refractivity contribution is -0.183.